The maximum Gasteiger partial charge on any atom is 0.271 e. The van der Waals surface area contributed by atoms with Gasteiger partial charge in [-0.15, -0.1) is 11.3 Å². The van der Waals surface area contributed by atoms with Crippen molar-refractivity contribution in [2.45, 2.75) is 6.04 Å². The number of aromatic nitrogens is 3. The first-order chi connectivity index (χ1) is 11.2. The molecule has 0 saturated carbocycles. The van der Waals surface area contributed by atoms with Crippen LogP contribution in [0.15, 0.2) is 53.5 Å². The van der Waals surface area contributed by atoms with Crippen molar-refractivity contribution in [2.75, 3.05) is 5.32 Å². The molecule has 3 N–H and O–H groups in total. The van der Waals surface area contributed by atoms with Crippen LogP contribution in [-0.4, -0.2) is 27.0 Å². The Hall–Kier alpha value is -3.00. The van der Waals surface area contributed by atoms with Crippen LogP contribution in [0.5, 0.6) is 0 Å². The highest BCUT2D eigenvalue weighted by Gasteiger charge is 2.24. The molecule has 3 rings (SSSR count). The molecule has 116 valence electrons. The van der Waals surface area contributed by atoms with Gasteiger partial charge in [-0.3, -0.25) is 14.7 Å². The number of carbonyl (C=O) groups excluding carboxylic acids is 2. The number of thiazole rings is 1. The molecule has 0 aliphatic carbocycles. The van der Waals surface area contributed by atoms with Crippen LogP contribution in [0.25, 0.3) is 0 Å². The van der Waals surface area contributed by atoms with E-state index in [0.717, 1.165) is 0 Å². The van der Waals surface area contributed by atoms with E-state index in [4.69, 9.17) is 0 Å². The van der Waals surface area contributed by atoms with Gasteiger partial charge in [-0.2, -0.15) is 5.10 Å². The third-order valence-electron chi connectivity index (χ3n) is 3.09. The number of carbonyl (C=O) groups is 2. The van der Waals surface area contributed by atoms with Crippen LogP contribution in [0.4, 0.5) is 5.82 Å². The van der Waals surface area contributed by atoms with Gasteiger partial charge in [-0.25, -0.2) is 4.98 Å². The number of amides is 2. The number of anilines is 1. The molecule has 7 nitrogen and oxygen atoms in total. The Kier molecular flexibility index (Phi) is 4.44. The molecule has 0 saturated heterocycles. The van der Waals surface area contributed by atoms with Gasteiger partial charge in [-0.1, -0.05) is 30.3 Å². The minimum atomic E-state index is -0.839. The van der Waals surface area contributed by atoms with Crippen LogP contribution < -0.4 is 10.6 Å². The fourth-order valence-corrected chi connectivity index (χ4v) is 2.54. The first-order valence-corrected chi connectivity index (χ1v) is 7.72. The van der Waals surface area contributed by atoms with Crippen LogP contribution in [0.2, 0.25) is 0 Å². The SMILES string of the molecule is O=C(NC(C(=O)Nc1ccn[nH]1)c1ccccc1)c1cscn1. The molecule has 8 heteroatoms. The zero-order valence-electron chi connectivity index (χ0n) is 11.9. The lowest BCUT2D eigenvalue weighted by Crippen LogP contribution is -2.37. The lowest BCUT2D eigenvalue weighted by molar-refractivity contribution is -0.118. The Bertz CT molecular complexity index is 772. The Labute approximate surface area is 135 Å². The predicted molar refractivity (Wildman–Crippen MR) is 86.0 cm³/mol. The Morgan fingerprint density at radius 3 is 2.65 bits per heavy atom. The normalized spacial score (nSPS) is 11.7. The minimum Gasteiger partial charge on any atom is -0.335 e. The van der Waals surface area contributed by atoms with Crippen molar-refractivity contribution in [1.29, 1.82) is 0 Å². The summed E-state index contributed by atoms with van der Waals surface area (Å²) >= 11 is 1.32. The van der Waals surface area contributed by atoms with Crippen molar-refractivity contribution in [1.82, 2.24) is 20.5 Å². The van der Waals surface area contributed by atoms with Crippen LogP contribution in [0, 0.1) is 0 Å². The fraction of sp³-hybridized carbons (Fsp3) is 0.0667. The van der Waals surface area contributed by atoms with Gasteiger partial charge in [0.05, 0.1) is 11.7 Å². The van der Waals surface area contributed by atoms with E-state index in [9.17, 15) is 9.59 Å². The van der Waals surface area contributed by atoms with Gasteiger partial charge in [0.25, 0.3) is 11.8 Å². The Morgan fingerprint density at radius 2 is 2.00 bits per heavy atom. The number of hydrogen-bond acceptors (Lipinski definition) is 5. The standard InChI is InChI=1S/C15H13N5O2S/c21-14(11-8-23-9-16-11)19-13(10-4-2-1-3-5-10)15(22)18-12-6-7-17-20-12/h1-9,13H,(H,19,21)(H2,17,18,20,22). The minimum absolute atomic E-state index is 0.283. The van der Waals surface area contributed by atoms with Crippen molar-refractivity contribution in [3.8, 4) is 0 Å². The van der Waals surface area contributed by atoms with Crippen molar-refractivity contribution in [3.63, 3.8) is 0 Å². The summed E-state index contributed by atoms with van der Waals surface area (Å²) in [5, 5.41) is 13.4. The quantitative estimate of drug-likeness (QED) is 0.667. The molecular weight excluding hydrogens is 314 g/mol. The van der Waals surface area contributed by atoms with Crippen LogP contribution >= 0.6 is 11.3 Å². The molecule has 1 atom stereocenters. The molecule has 2 amide bonds. The van der Waals surface area contributed by atoms with E-state index in [0.29, 0.717) is 11.4 Å². The molecule has 1 aromatic carbocycles. The summed E-state index contributed by atoms with van der Waals surface area (Å²) in [6, 6.07) is 9.80. The number of rotatable bonds is 5. The van der Waals surface area contributed by atoms with Gasteiger partial charge in [0, 0.05) is 11.4 Å². The molecule has 0 fully saturated rings. The maximum absolute atomic E-state index is 12.5. The monoisotopic (exact) mass is 327 g/mol. The largest absolute Gasteiger partial charge is 0.335 e. The van der Waals surface area contributed by atoms with Crippen molar-refractivity contribution < 1.29 is 9.59 Å². The summed E-state index contributed by atoms with van der Waals surface area (Å²) in [5.74, 6) is -0.317. The average molecular weight is 327 g/mol. The molecule has 2 aromatic heterocycles. The first-order valence-electron chi connectivity index (χ1n) is 6.78. The molecule has 1 unspecified atom stereocenters. The molecule has 23 heavy (non-hydrogen) atoms. The summed E-state index contributed by atoms with van der Waals surface area (Å²) in [7, 11) is 0. The number of benzene rings is 1. The van der Waals surface area contributed by atoms with Gasteiger partial charge in [0.1, 0.15) is 17.6 Å². The summed E-state index contributed by atoms with van der Waals surface area (Å²) in [4.78, 5) is 28.7. The zero-order valence-corrected chi connectivity index (χ0v) is 12.7. The van der Waals surface area contributed by atoms with Crippen molar-refractivity contribution in [3.05, 3.63) is 64.7 Å². The highest BCUT2D eigenvalue weighted by Crippen LogP contribution is 2.16. The zero-order chi connectivity index (χ0) is 16.1. The third-order valence-corrected chi connectivity index (χ3v) is 3.68. The van der Waals surface area contributed by atoms with Gasteiger partial charge in [-0.05, 0) is 5.56 Å². The second-order valence-corrected chi connectivity index (χ2v) is 5.37. The molecular formula is C15H13N5O2S. The highest BCUT2D eigenvalue weighted by molar-refractivity contribution is 7.07. The summed E-state index contributed by atoms with van der Waals surface area (Å²) in [6.07, 6.45) is 1.53. The predicted octanol–water partition coefficient (Wildman–Crippen LogP) is 1.98. The third kappa shape index (κ3) is 3.61. The number of aromatic amines is 1. The smallest absolute Gasteiger partial charge is 0.271 e. The molecule has 0 bridgehead atoms. The first kappa shape index (κ1) is 14.9. The highest BCUT2D eigenvalue weighted by atomic mass is 32.1. The molecule has 0 radical (unpaired) electrons. The topological polar surface area (TPSA) is 99.8 Å². The van der Waals surface area contributed by atoms with Gasteiger partial charge in [0.15, 0.2) is 0 Å². The van der Waals surface area contributed by atoms with Crippen molar-refractivity contribution in [2.24, 2.45) is 0 Å². The fourth-order valence-electron chi connectivity index (χ4n) is 2.01. The van der Waals surface area contributed by atoms with E-state index in [1.54, 1.807) is 41.2 Å². The molecule has 0 spiro atoms. The summed E-state index contributed by atoms with van der Waals surface area (Å²) in [6.45, 7) is 0. The van der Waals surface area contributed by atoms with Crippen molar-refractivity contribution >= 4 is 29.0 Å². The van der Waals surface area contributed by atoms with E-state index in [1.807, 2.05) is 6.07 Å². The molecule has 2 heterocycles. The van der Waals surface area contributed by atoms with Crippen LogP contribution in [0.1, 0.15) is 22.1 Å². The van der Waals surface area contributed by atoms with E-state index in [1.165, 1.54) is 17.5 Å². The summed E-state index contributed by atoms with van der Waals surface area (Å²) < 4.78 is 0. The molecule has 0 aliphatic rings. The second kappa shape index (κ2) is 6.84. The maximum atomic E-state index is 12.5. The van der Waals surface area contributed by atoms with E-state index in [-0.39, 0.29) is 11.6 Å². The van der Waals surface area contributed by atoms with Crippen LogP contribution in [-0.2, 0) is 4.79 Å². The average Bonchev–Trinajstić information content (AvgIpc) is 3.26. The van der Waals surface area contributed by atoms with E-state index >= 15 is 0 Å². The molecule has 0 aliphatic heterocycles. The van der Waals surface area contributed by atoms with E-state index < -0.39 is 11.9 Å². The lowest BCUT2D eigenvalue weighted by Gasteiger charge is -2.17. The number of nitrogens with one attached hydrogen (secondary N) is 3. The van der Waals surface area contributed by atoms with Crippen LogP contribution in [0.3, 0.4) is 0 Å². The number of H-pyrrole nitrogens is 1. The lowest BCUT2D eigenvalue weighted by atomic mass is 10.1. The van der Waals surface area contributed by atoms with Gasteiger partial charge < -0.3 is 10.6 Å². The van der Waals surface area contributed by atoms with Gasteiger partial charge >= 0.3 is 0 Å². The Balaban J connectivity index is 1.82. The van der Waals surface area contributed by atoms with E-state index in [2.05, 4.69) is 25.8 Å². The second-order valence-electron chi connectivity index (χ2n) is 4.65. The number of hydrogen-bond donors (Lipinski definition) is 3. The molecule has 3 aromatic rings. The van der Waals surface area contributed by atoms with Gasteiger partial charge in [0.2, 0.25) is 0 Å². The Morgan fingerprint density at radius 1 is 1.17 bits per heavy atom. The number of nitrogens with zero attached hydrogens (tertiary/aromatic N) is 2. The summed E-state index contributed by atoms with van der Waals surface area (Å²) in [5.41, 5.74) is 2.52.